The second-order valence-corrected chi connectivity index (χ2v) is 2.56. The van der Waals surface area contributed by atoms with E-state index in [-0.39, 0.29) is 5.69 Å². The van der Waals surface area contributed by atoms with Crippen LogP contribution in [0.25, 0.3) is 0 Å². The molecular formula is C8H11N3O2. The molecule has 0 aromatic heterocycles. The fourth-order valence-corrected chi connectivity index (χ4v) is 1.00. The Bertz CT molecular complexity index is 325. The number of rotatable bonds is 3. The normalized spacial score (nSPS) is 9.62. The first-order chi connectivity index (χ1) is 6.15. The molecule has 0 radical (unpaired) electrons. The summed E-state index contributed by atoms with van der Waals surface area (Å²) in [6.07, 6.45) is 0. The molecule has 0 aliphatic carbocycles. The summed E-state index contributed by atoms with van der Waals surface area (Å²) >= 11 is 0. The molecule has 70 valence electrons. The molecule has 0 aliphatic heterocycles. The summed E-state index contributed by atoms with van der Waals surface area (Å²) < 4.78 is 0. The number of anilines is 2. The van der Waals surface area contributed by atoms with Crippen LogP contribution in [0.2, 0.25) is 0 Å². The number of hydrogen-bond donors (Lipinski definition) is 2. The minimum absolute atomic E-state index is 0.0464. The monoisotopic (exact) mass is 181 g/mol. The van der Waals surface area contributed by atoms with Gasteiger partial charge in [-0.05, 0) is 13.0 Å². The van der Waals surface area contributed by atoms with Gasteiger partial charge in [0.15, 0.2) is 0 Å². The van der Waals surface area contributed by atoms with Crippen molar-refractivity contribution in [2.45, 2.75) is 6.92 Å². The summed E-state index contributed by atoms with van der Waals surface area (Å²) in [4.78, 5) is 9.96. The van der Waals surface area contributed by atoms with Crippen molar-refractivity contribution in [3.8, 4) is 0 Å². The predicted molar refractivity (Wildman–Crippen MR) is 51.7 cm³/mol. The first-order valence-corrected chi connectivity index (χ1v) is 3.93. The maximum Gasteiger partial charge on any atom is 0.271 e. The summed E-state index contributed by atoms with van der Waals surface area (Å²) in [5, 5.41) is 13.3. The summed E-state index contributed by atoms with van der Waals surface area (Å²) in [6, 6.07) is 4.34. The average molecular weight is 181 g/mol. The van der Waals surface area contributed by atoms with E-state index in [0.29, 0.717) is 17.9 Å². The maximum absolute atomic E-state index is 10.4. The number of nitrogens with zero attached hydrogens (tertiary/aromatic N) is 1. The van der Waals surface area contributed by atoms with E-state index in [1.165, 1.54) is 18.2 Å². The predicted octanol–water partition coefficient (Wildman–Crippen LogP) is 1.61. The number of nitrogens with two attached hydrogens (primary N) is 1. The van der Waals surface area contributed by atoms with E-state index in [9.17, 15) is 10.1 Å². The van der Waals surface area contributed by atoms with Gasteiger partial charge < -0.3 is 11.1 Å². The molecule has 0 spiro atoms. The highest BCUT2D eigenvalue weighted by molar-refractivity contribution is 5.69. The lowest BCUT2D eigenvalue weighted by Crippen LogP contribution is -2.01. The van der Waals surface area contributed by atoms with Gasteiger partial charge in [0.05, 0.1) is 16.3 Å². The van der Waals surface area contributed by atoms with Crippen LogP contribution in [0.1, 0.15) is 6.92 Å². The van der Waals surface area contributed by atoms with Gasteiger partial charge in [-0.25, -0.2) is 0 Å². The van der Waals surface area contributed by atoms with Crippen LogP contribution in [0, 0.1) is 10.1 Å². The lowest BCUT2D eigenvalue weighted by Gasteiger charge is -2.05. The third-order valence-electron chi connectivity index (χ3n) is 1.61. The van der Waals surface area contributed by atoms with Gasteiger partial charge in [-0.15, -0.1) is 0 Å². The zero-order valence-electron chi connectivity index (χ0n) is 7.28. The SMILES string of the molecule is CCNc1cc([N+](=O)[O-])ccc1N. The Kier molecular flexibility index (Phi) is 2.69. The van der Waals surface area contributed by atoms with E-state index in [0.717, 1.165) is 0 Å². The highest BCUT2D eigenvalue weighted by Gasteiger charge is 2.07. The smallest absolute Gasteiger partial charge is 0.271 e. The molecule has 0 fully saturated rings. The molecule has 1 aromatic carbocycles. The van der Waals surface area contributed by atoms with E-state index in [2.05, 4.69) is 5.32 Å². The molecule has 0 bridgehead atoms. The highest BCUT2D eigenvalue weighted by atomic mass is 16.6. The van der Waals surface area contributed by atoms with Crippen LogP contribution in [-0.2, 0) is 0 Å². The average Bonchev–Trinajstić information content (AvgIpc) is 2.08. The minimum Gasteiger partial charge on any atom is -0.397 e. The van der Waals surface area contributed by atoms with Gasteiger partial charge in [0.2, 0.25) is 0 Å². The number of hydrogen-bond acceptors (Lipinski definition) is 4. The Hall–Kier alpha value is -1.78. The van der Waals surface area contributed by atoms with Crippen molar-refractivity contribution in [3.63, 3.8) is 0 Å². The number of non-ortho nitro benzene ring substituents is 1. The van der Waals surface area contributed by atoms with Gasteiger partial charge in [-0.2, -0.15) is 0 Å². The zero-order chi connectivity index (χ0) is 9.84. The Morgan fingerprint density at radius 3 is 2.85 bits per heavy atom. The maximum atomic E-state index is 10.4. The van der Waals surface area contributed by atoms with Crippen LogP contribution >= 0.6 is 0 Å². The van der Waals surface area contributed by atoms with Crippen LogP contribution in [-0.4, -0.2) is 11.5 Å². The molecule has 0 saturated heterocycles. The third kappa shape index (κ3) is 2.08. The van der Waals surface area contributed by atoms with Crippen molar-refractivity contribution < 1.29 is 4.92 Å². The molecule has 1 rings (SSSR count). The van der Waals surface area contributed by atoms with Gasteiger partial charge in [0.1, 0.15) is 0 Å². The Morgan fingerprint density at radius 1 is 1.62 bits per heavy atom. The van der Waals surface area contributed by atoms with Crippen LogP contribution in [0.15, 0.2) is 18.2 Å². The van der Waals surface area contributed by atoms with Crippen LogP contribution in [0.5, 0.6) is 0 Å². The molecule has 1 aromatic rings. The molecule has 0 atom stereocenters. The first kappa shape index (κ1) is 9.31. The number of nitro benzene ring substituents is 1. The van der Waals surface area contributed by atoms with Gasteiger partial charge in [-0.3, -0.25) is 10.1 Å². The quantitative estimate of drug-likeness (QED) is 0.421. The second kappa shape index (κ2) is 3.75. The van der Waals surface area contributed by atoms with E-state index < -0.39 is 4.92 Å². The molecule has 0 amide bonds. The van der Waals surface area contributed by atoms with Crippen molar-refractivity contribution in [1.29, 1.82) is 0 Å². The fourth-order valence-electron chi connectivity index (χ4n) is 1.00. The third-order valence-corrected chi connectivity index (χ3v) is 1.61. The first-order valence-electron chi connectivity index (χ1n) is 3.93. The largest absolute Gasteiger partial charge is 0.397 e. The summed E-state index contributed by atoms with van der Waals surface area (Å²) in [7, 11) is 0. The Labute approximate surface area is 75.7 Å². The van der Waals surface area contributed by atoms with Crippen molar-refractivity contribution >= 4 is 17.1 Å². The lowest BCUT2D eigenvalue weighted by molar-refractivity contribution is -0.384. The molecule has 0 unspecified atom stereocenters. The summed E-state index contributed by atoms with van der Waals surface area (Å²) in [5.41, 5.74) is 6.77. The summed E-state index contributed by atoms with van der Waals surface area (Å²) in [6.45, 7) is 2.59. The van der Waals surface area contributed by atoms with E-state index in [1.807, 2.05) is 6.92 Å². The van der Waals surface area contributed by atoms with E-state index in [1.54, 1.807) is 0 Å². The van der Waals surface area contributed by atoms with Crippen molar-refractivity contribution in [2.24, 2.45) is 0 Å². The number of nitro groups is 1. The van der Waals surface area contributed by atoms with Gasteiger partial charge in [0.25, 0.3) is 5.69 Å². The molecule has 3 N–H and O–H groups in total. The molecular weight excluding hydrogens is 170 g/mol. The van der Waals surface area contributed by atoms with Crippen LogP contribution < -0.4 is 11.1 Å². The van der Waals surface area contributed by atoms with E-state index >= 15 is 0 Å². The van der Waals surface area contributed by atoms with Gasteiger partial charge in [0, 0.05) is 18.7 Å². The van der Waals surface area contributed by atoms with Crippen molar-refractivity contribution in [1.82, 2.24) is 0 Å². The lowest BCUT2D eigenvalue weighted by atomic mass is 10.2. The molecule has 13 heavy (non-hydrogen) atoms. The Balaban J connectivity index is 3.03. The topological polar surface area (TPSA) is 81.2 Å². The zero-order valence-corrected chi connectivity index (χ0v) is 7.28. The number of nitrogen functional groups attached to an aromatic ring is 1. The van der Waals surface area contributed by atoms with Gasteiger partial charge in [-0.1, -0.05) is 0 Å². The number of benzene rings is 1. The number of nitrogens with one attached hydrogen (secondary N) is 1. The van der Waals surface area contributed by atoms with Crippen molar-refractivity contribution in [3.05, 3.63) is 28.3 Å². The van der Waals surface area contributed by atoms with Crippen molar-refractivity contribution in [2.75, 3.05) is 17.6 Å². The highest BCUT2D eigenvalue weighted by Crippen LogP contribution is 2.23. The molecule has 5 nitrogen and oxygen atoms in total. The standard InChI is InChI=1S/C8H11N3O2/c1-2-10-8-5-6(11(12)13)3-4-7(8)9/h3-5,10H,2,9H2,1H3. The molecule has 0 saturated carbocycles. The van der Waals surface area contributed by atoms with Gasteiger partial charge >= 0.3 is 0 Å². The summed E-state index contributed by atoms with van der Waals surface area (Å²) in [5.74, 6) is 0. The Morgan fingerprint density at radius 2 is 2.31 bits per heavy atom. The fraction of sp³-hybridized carbons (Fsp3) is 0.250. The van der Waals surface area contributed by atoms with Crippen LogP contribution in [0.4, 0.5) is 17.1 Å². The minimum atomic E-state index is -0.444. The van der Waals surface area contributed by atoms with Crippen LogP contribution in [0.3, 0.4) is 0 Å². The molecule has 5 heteroatoms. The van der Waals surface area contributed by atoms with E-state index in [4.69, 9.17) is 5.73 Å². The molecule has 0 aliphatic rings. The molecule has 0 heterocycles. The second-order valence-electron chi connectivity index (χ2n) is 2.56.